The first-order valence-corrected chi connectivity index (χ1v) is 7.02. The average molecular weight is 309 g/mol. The molecule has 0 bridgehead atoms. The van der Waals surface area contributed by atoms with Crippen LogP contribution in [0.1, 0.15) is 24.2 Å². The van der Waals surface area contributed by atoms with Gasteiger partial charge in [-0.25, -0.2) is 4.79 Å². The topological polar surface area (TPSA) is 84.9 Å². The molecule has 22 heavy (non-hydrogen) atoms. The largest absolute Gasteiger partial charge is 0.467 e. The Labute approximate surface area is 130 Å². The van der Waals surface area contributed by atoms with Gasteiger partial charge in [-0.3, -0.25) is 4.79 Å². The predicted molar refractivity (Wildman–Crippen MR) is 81.4 cm³/mol. The molecule has 2 atom stereocenters. The van der Waals surface area contributed by atoms with Crippen LogP contribution in [0.15, 0.2) is 30.3 Å². The first-order valence-electron chi connectivity index (χ1n) is 7.02. The third-order valence-electron chi connectivity index (χ3n) is 3.52. The van der Waals surface area contributed by atoms with Gasteiger partial charge in [-0.05, 0) is 18.1 Å². The number of methoxy groups -OCH3 is 2. The molecule has 0 aliphatic carbocycles. The molecule has 6 heteroatoms. The third-order valence-corrected chi connectivity index (χ3v) is 3.52. The van der Waals surface area contributed by atoms with Gasteiger partial charge in [-0.2, -0.15) is 0 Å². The van der Waals surface area contributed by atoms with Crippen LogP contribution in [0.2, 0.25) is 0 Å². The van der Waals surface area contributed by atoms with E-state index in [0.29, 0.717) is 5.56 Å². The summed E-state index contributed by atoms with van der Waals surface area (Å²) in [6, 6.07) is 8.44. The molecule has 0 saturated carbocycles. The zero-order valence-corrected chi connectivity index (χ0v) is 13.3. The third kappa shape index (κ3) is 3.64. The molecule has 1 amide bonds. The molecule has 0 heterocycles. The minimum Gasteiger partial charge on any atom is -0.467 e. The van der Waals surface area contributed by atoms with Crippen LogP contribution in [0.5, 0.6) is 0 Å². The van der Waals surface area contributed by atoms with Crippen molar-refractivity contribution in [3.05, 3.63) is 35.9 Å². The monoisotopic (exact) mass is 309 g/mol. The molecule has 0 radical (unpaired) electrons. The average Bonchev–Trinajstić information content (AvgIpc) is 2.53. The number of benzene rings is 1. The Morgan fingerprint density at radius 2 is 1.82 bits per heavy atom. The van der Waals surface area contributed by atoms with E-state index < -0.39 is 30.1 Å². The molecule has 1 aromatic rings. The molecule has 1 rings (SSSR count). The SMILES string of the molecule is COC(=O)[C@@](CO)(NC(=O)c1ccccc1)[C@H](OC)C(C)C. The lowest BCUT2D eigenvalue weighted by molar-refractivity contribution is -0.160. The number of rotatable bonds is 7. The Morgan fingerprint density at radius 1 is 1.23 bits per heavy atom. The quantitative estimate of drug-likeness (QED) is 0.734. The summed E-state index contributed by atoms with van der Waals surface area (Å²) >= 11 is 0. The van der Waals surface area contributed by atoms with Gasteiger partial charge in [0.05, 0.1) is 19.8 Å². The van der Waals surface area contributed by atoms with Crippen molar-refractivity contribution in [2.24, 2.45) is 5.92 Å². The van der Waals surface area contributed by atoms with Crippen LogP contribution >= 0.6 is 0 Å². The summed E-state index contributed by atoms with van der Waals surface area (Å²) in [6.45, 7) is 3.03. The minimum atomic E-state index is -1.66. The Morgan fingerprint density at radius 3 is 2.23 bits per heavy atom. The van der Waals surface area contributed by atoms with E-state index in [1.807, 2.05) is 13.8 Å². The summed E-state index contributed by atoms with van der Waals surface area (Å²) in [6.07, 6.45) is -0.738. The number of esters is 1. The summed E-state index contributed by atoms with van der Waals surface area (Å²) < 4.78 is 10.1. The van der Waals surface area contributed by atoms with E-state index in [9.17, 15) is 14.7 Å². The maximum absolute atomic E-state index is 12.4. The Bertz CT molecular complexity index is 503. The number of hydrogen-bond donors (Lipinski definition) is 2. The lowest BCUT2D eigenvalue weighted by Crippen LogP contribution is -2.66. The van der Waals surface area contributed by atoms with E-state index in [1.54, 1.807) is 30.3 Å². The van der Waals surface area contributed by atoms with Crippen molar-refractivity contribution in [2.75, 3.05) is 20.8 Å². The fourth-order valence-corrected chi connectivity index (χ4v) is 2.52. The number of nitrogens with one attached hydrogen (secondary N) is 1. The zero-order chi connectivity index (χ0) is 16.8. The van der Waals surface area contributed by atoms with Crippen LogP contribution < -0.4 is 5.32 Å². The van der Waals surface area contributed by atoms with Gasteiger partial charge in [0, 0.05) is 12.7 Å². The molecule has 6 nitrogen and oxygen atoms in total. The highest BCUT2D eigenvalue weighted by Crippen LogP contribution is 2.23. The van der Waals surface area contributed by atoms with E-state index in [0.717, 1.165) is 0 Å². The number of amides is 1. The Balaban J connectivity index is 3.20. The molecule has 0 aliphatic heterocycles. The molecule has 1 aromatic carbocycles. The zero-order valence-electron chi connectivity index (χ0n) is 13.3. The van der Waals surface area contributed by atoms with Crippen molar-refractivity contribution >= 4 is 11.9 Å². The number of aliphatic hydroxyl groups is 1. The van der Waals surface area contributed by atoms with Crippen molar-refractivity contribution in [3.8, 4) is 0 Å². The Hall–Kier alpha value is -1.92. The second-order valence-corrected chi connectivity index (χ2v) is 5.34. The molecule has 0 unspecified atom stereocenters. The summed E-state index contributed by atoms with van der Waals surface area (Å²) in [4.78, 5) is 24.7. The van der Waals surface area contributed by atoms with E-state index >= 15 is 0 Å². The second kappa shape index (κ2) is 7.91. The van der Waals surface area contributed by atoms with Crippen LogP contribution in [0.4, 0.5) is 0 Å². The number of carbonyl (C=O) groups excluding carboxylic acids is 2. The van der Waals surface area contributed by atoms with Gasteiger partial charge in [0.2, 0.25) is 0 Å². The fourth-order valence-electron chi connectivity index (χ4n) is 2.52. The molecule has 2 N–H and O–H groups in total. The molecule has 0 spiro atoms. The summed E-state index contributed by atoms with van der Waals surface area (Å²) in [5.74, 6) is -1.37. The molecule has 122 valence electrons. The molecule has 0 fully saturated rings. The minimum absolute atomic E-state index is 0.132. The number of carbonyl (C=O) groups is 2. The summed E-state index contributed by atoms with van der Waals surface area (Å²) in [5.41, 5.74) is -1.28. The predicted octanol–water partition coefficient (Wildman–Crippen LogP) is 0.991. The van der Waals surface area contributed by atoms with Crippen LogP contribution in [-0.2, 0) is 14.3 Å². The smallest absolute Gasteiger partial charge is 0.336 e. The number of aliphatic hydroxyl groups excluding tert-OH is 1. The second-order valence-electron chi connectivity index (χ2n) is 5.34. The van der Waals surface area contributed by atoms with Crippen molar-refractivity contribution in [2.45, 2.75) is 25.5 Å². The van der Waals surface area contributed by atoms with Crippen LogP contribution in [0.3, 0.4) is 0 Å². The maximum Gasteiger partial charge on any atom is 0.336 e. The first-order chi connectivity index (χ1) is 10.4. The summed E-state index contributed by atoms with van der Waals surface area (Å²) in [5, 5.41) is 12.4. The number of hydrogen-bond acceptors (Lipinski definition) is 5. The van der Waals surface area contributed by atoms with Gasteiger partial charge < -0.3 is 19.9 Å². The first kappa shape index (κ1) is 18.1. The van der Waals surface area contributed by atoms with Crippen LogP contribution in [0, 0.1) is 5.92 Å². The lowest BCUT2D eigenvalue weighted by Gasteiger charge is -2.38. The molecule has 0 aliphatic rings. The van der Waals surface area contributed by atoms with Gasteiger partial charge >= 0.3 is 5.97 Å². The van der Waals surface area contributed by atoms with E-state index in [1.165, 1.54) is 14.2 Å². The molecule has 0 aromatic heterocycles. The van der Waals surface area contributed by atoms with Gasteiger partial charge in [-0.15, -0.1) is 0 Å². The lowest BCUT2D eigenvalue weighted by atomic mass is 9.85. The number of ether oxygens (including phenoxy) is 2. The van der Waals surface area contributed by atoms with Crippen LogP contribution in [0.25, 0.3) is 0 Å². The van der Waals surface area contributed by atoms with E-state index in [2.05, 4.69) is 5.32 Å². The molecule has 0 saturated heterocycles. The maximum atomic E-state index is 12.4. The van der Waals surface area contributed by atoms with Gasteiger partial charge in [0.15, 0.2) is 5.54 Å². The van der Waals surface area contributed by atoms with Crippen LogP contribution in [-0.4, -0.2) is 49.5 Å². The van der Waals surface area contributed by atoms with Gasteiger partial charge in [0.25, 0.3) is 5.91 Å². The standard InChI is InChI=1S/C16H23NO5/c1-11(2)13(21-3)16(10-18,15(20)22-4)17-14(19)12-8-6-5-7-9-12/h5-9,11,13,18H,10H2,1-4H3,(H,17,19)/t13-,16+/m1/s1. The Kier molecular flexibility index (Phi) is 6.52. The molecular weight excluding hydrogens is 286 g/mol. The fraction of sp³-hybridized carbons (Fsp3) is 0.500. The highest BCUT2D eigenvalue weighted by atomic mass is 16.5. The van der Waals surface area contributed by atoms with Crippen molar-refractivity contribution in [3.63, 3.8) is 0 Å². The molecular formula is C16H23NO5. The van der Waals surface area contributed by atoms with Gasteiger partial charge in [0.1, 0.15) is 0 Å². The van der Waals surface area contributed by atoms with Gasteiger partial charge in [-0.1, -0.05) is 32.0 Å². The highest BCUT2D eigenvalue weighted by Gasteiger charge is 2.49. The summed E-state index contributed by atoms with van der Waals surface area (Å²) in [7, 11) is 2.63. The van der Waals surface area contributed by atoms with E-state index in [4.69, 9.17) is 9.47 Å². The van der Waals surface area contributed by atoms with Crippen molar-refractivity contribution in [1.82, 2.24) is 5.32 Å². The normalized spacial score (nSPS) is 15.0. The van der Waals surface area contributed by atoms with E-state index in [-0.39, 0.29) is 5.92 Å². The van der Waals surface area contributed by atoms with Crippen molar-refractivity contribution in [1.29, 1.82) is 0 Å². The highest BCUT2D eigenvalue weighted by molar-refractivity contribution is 5.98. The van der Waals surface area contributed by atoms with Crippen molar-refractivity contribution < 1.29 is 24.2 Å².